The molecule has 2 aromatic heterocycles. The standard InChI is InChI=1S/C21H30N4O3S/c1-14-6-3-4-8-18(14)22-19(26)13-29-21-24-23-20(17-9-11-27-15(17)2)25(21)12-16-7-5-10-28-16/h9,11,14,16,18H,3-8,10,12-13H2,1-2H3,(H,22,26). The van der Waals surface area contributed by atoms with Crippen molar-refractivity contribution in [1.29, 1.82) is 0 Å². The summed E-state index contributed by atoms with van der Waals surface area (Å²) in [5, 5.41) is 12.8. The molecule has 1 aliphatic heterocycles. The van der Waals surface area contributed by atoms with Crippen molar-refractivity contribution in [1.82, 2.24) is 20.1 Å². The Morgan fingerprint density at radius 1 is 1.28 bits per heavy atom. The number of rotatable bonds is 7. The molecule has 1 amide bonds. The van der Waals surface area contributed by atoms with E-state index in [-0.39, 0.29) is 12.0 Å². The van der Waals surface area contributed by atoms with Crippen molar-refractivity contribution in [2.75, 3.05) is 12.4 Å². The number of nitrogens with zero attached hydrogens (tertiary/aromatic N) is 3. The van der Waals surface area contributed by atoms with Crippen molar-refractivity contribution in [3.63, 3.8) is 0 Å². The number of furan rings is 1. The van der Waals surface area contributed by atoms with E-state index < -0.39 is 0 Å². The van der Waals surface area contributed by atoms with Crippen LogP contribution in [0.2, 0.25) is 0 Å². The van der Waals surface area contributed by atoms with E-state index in [0.29, 0.717) is 24.3 Å². The number of carbonyl (C=O) groups excluding carboxylic acids is 1. The van der Waals surface area contributed by atoms with E-state index in [4.69, 9.17) is 9.15 Å². The fraction of sp³-hybridized carbons (Fsp3) is 0.667. The number of aryl methyl sites for hydroxylation is 1. The van der Waals surface area contributed by atoms with Crippen LogP contribution in [0.1, 0.15) is 51.2 Å². The van der Waals surface area contributed by atoms with Crippen LogP contribution in [0, 0.1) is 12.8 Å². The van der Waals surface area contributed by atoms with Crippen LogP contribution in [-0.4, -0.2) is 45.2 Å². The minimum atomic E-state index is 0.0708. The topological polar surface area (TPSA) is 82.2 Å². The molecule has 2 aliphatic rings. The van der Waals surface area contributed by atoms with Gasteiger partial charge in [-0.2, -0.15) is 0 Å². The molecule has 29 heavy (non-hydrogen) atoms. The maximum absolute atomic E-state index is 12.5. The van der Waals surface area contributed by atoms with E-state index in [1.54, 1.807) is 6.26 Å². The number of hydrogen-bond acceptors (Lipinski definition) is 6. The van der Waals surface area contributed by atoms with Gasteiger partial charge in [0.05, 0.1) is 30.2 Å². The molecule has 8 heteroatoms. The van der Waals surface area contributed by atoms with Gasteiger partial charge in [0.2, 0.25) is 5.91 Å². The molecular weight excluding hydrogens is 388 g/mol. The molecule has 1 saturated heterocycles. The van der Waals surface area contributed by atoms with Crippen molar-refractivity contribution in [2.24, 2.45) is 5.92 Å². The Morgan fingerprint density at radius 3 is 2.86 bits per heavy atom. The molecule has 0 spiro atoms. The number of thioether (sulfide) groups is 1. The lowest BCUT2D eigenvalue weighted by Gasteiger charge is -2.29. The molecule has 2 aromatic rings. The third-order valence-electron chi connectivity index (χ3n) is 6.02. The van der Waals surface area contributed by atoms with Gasteiger partial charge in [0.15, 0.2) is 11.0 Å². The molecule has 3 heterocycles. The van der Waals surface area contributed by atoms with Crippen LogP contribution in [0.15, 0.2) is 21.9 Å². The largest absolute Gasteiger partial charge is 0.469 e. The highest BCUT2D eigenvalue weighted by molar-refractivity contribution is 7.99. The van der Waals surface area contributed by atoms with Gasteiger partial charge in [0.25, 0.3) is 0 Å². The van der Waals surface area contributed by atoms with Crippen molar-refractivity contribution in [3.8, 4) is 11.4 Å². The number of amides is 1. The van der Waals surface area contributed by atoms with E-state index in [1.165, 1.54) is 31.0 Å². The molecule has 7 nitrogen and oxygen atoms in total. The molecule has 4 rings (SSSR count). The Hall–Kier alpha value is -1.80. The third kappa shape index (κ3) is 4.86. The average Bonchev–Trinajstić information content (AvgIpc) is 3.44. The summed E-state index contributed by atoms with van der Waals surface area (Å²) in [7, 11) is 0. The first kappa shape index (κ1) is 20.5. The monoisotopic (exact) mass is 418 g/mol. The van der Waals surface area contributed by atoms with Crippen molar-refractivity contribution in [2.45, 2.75) is 76.2 Å². The summed E-state index contributed by atoms with van der Waals surface area (Å²) in [4.78, 5) is 12.5. The lowest BCUT2D eigenvalue weighted by atomic mass is 9.86. The molecule has 158 valence electrons. The van der Waals surface area contributed by atoms with Crippen LogP contribution >= 0.6 is 11.8 Å². The molecule has 0 bridgehead atoms. The van der Waals surface area contributed by atoms with E-state index in [0.717, 1.165) is 48.2 Å². The molecule has 0 radical (unpaired) electrons. The maximum Gasteiger partial charge on any atom is 0.230 e. The molecular formula is C21H30N4O3S. The summed E-state index contributed by atoms with van der Waals surface area (Å²) in [6.45, 7) is 5.65. The van der Waals surface area contributed by atoms with Gasteiger partial charge >= 0.3 is 0 Å². The molecule has 3 unspecified atom stereocenters. The number of hydrogen-bond donors (Lipinski definition) is 1. The number of nitrogens with one attached hydrogen (secondary N) is 1. The predicted octanol–water partition coefficient (Wildman–Crippen LogP) is 3.81. The van der Waals surface area contributed by atoms with E-state index >= 15 is 0 Å². The number of aromatic nitrogens is 3. The number of ether oxygens (including phenoxy) is 1. The highest BCUT2D eigenvalue weighted by atomic mass is 32.2. The van der Waals surface area contributed by atoms with Gasteiger partial charge in [-0.15, -0.1) is 10.2 Å². The van der Waals surface area contributed by atoms with Gasteiger partial charge < -0.3 is 14.5 Å². The fourth-order valence-electron chi connectivity index (χ4n) is 4.28. The lowest BCUT2D eigenvalue weighted by molar-refractivity contribution is -0.119. The molecule has 0 aromatic carbocycles. The minimum Gasteiger partial charge on any atom is -0.469 e. The SMILES string of the molecule is Cc1occc1-c1nnc(SCC(=O)NC2CCCCC2C)n1CC1CCCO1. The minimum absolute atomic E-state index is 0.0708. The highest BCUT2D eigenvalue weighted by Crippen LogP contribution is 2.29. The Kier molecular flexibility index (Phi) is 6.60. The van der Waals surface area contributed by atoms with Gasteiger partial charge in [-0.25, -0.2) is 0 Å². The summed E-state index contributed by atoms with van der Waals surface area (Å²) in [6, 6.07) is 2.21. The van der Waals surface area contributed by atoms with Crippen LogP contribution in [-0.2, 0) is 16.1 Å². The Labute approximate surface area is 176 Å². The van der Waals surface area contributed by atoms with Gasteiger partial charge in [-0.05, 0) is 44.6 Å². The quantitative estimate of drug-likeness (QED) is 0.689. The maximum atomic E-state index is 12.5. The van der Waals surface area contributed by atoms with Gasteiger partial charge in [-0.3, -0.25) is 9.36 Å². The van der Waals surface area contributed by atoms with Crippen LogP contribution in [0.3, 0.4) is 0 Å². The van der Waals surface area contributed by atoms with Gasteiger partial charge in [0, 0.05) is 12.6 Å². The Balaban J connectivity index is 1.45. The second-order valence-corrected chi connectivity index (χ2v) is 9.11. The van der Waals surface area contributed by atoms with Crippen LogP contribution in [0.25, 0.3) is 11.4 Å². The Morgan fingerprint density at radius 2 is 2.14 bits per heavy atom. The molecule has 1 saturated carbocycles. The van der Waals surface area contributed by atoms with Gasteiger partial charge in [-0.1, -0.05) is 31.5 Å². The van der Waals surface area contributed by atoms with Crippen LogP contribution in [0.4, 0.5) is 0 Å². The smallest absolute Gasteiger partial charge is 0.230 e. The summed E-state index contributed by atoms with van der Waals surface area (Å²) in [6.07, 6.45) is 8.69. The predicted molar refractivity (Wildman–Crippen MR) is 112 cm³/mol. The normalized spacial score (nSPS) is 24.7. The van der Waals surface area contributed by atoms with E-state index in [9.17, 15) is 4.79 Å². The van der Waals surface area contributed by atoms with Crippen molar-refractivity contribution in [3.05, 3.63) is 18.1 Å². The fourth-order valence-corrected chi connectivity index (χ4v) is 5.04. The summed E-state index contributed by atoms with van der Waals surface area (Å²) in [5.41, 5.74) is 0.933. The zero-order chi connectivity index (χ0) is 20.2. The second-order valence-electron chi connectivity index (χ2n) is 8.17. The van der Waals surface area contributed by atoms with Crippen molar-refractivity contribution >= 4 is 17.7 Å². The Bertz CT molecular complexity index is 828. The van der Waals surface area contributed by atoms with Gasteiger partial charge in [0.1, 0.15) is 5.76 Å². The van der Waals surface area contributed by atoms with Crippen LogP contribution < -0.4 is 5.32 Å². The summed E-state index contributed by atoms with van der Waals surface area (Å²) in [5.74, 6) is 2.55. The molecule has 3 atom stereocenters. The van der Waals surface area contributed by atoms with Crippen LogP contribution in [0.5, 0.6) is 0 Å². The average molecular weight is 419 g/mol. The second kappa shape index (κ2) is 9.34. The highest BCUT2D eigenvalue weighted by Gasteiger charge is 2.25. The zero-order valence-corrected chi connectivity index (χ0v) is 18.0. The molecule has 1 N–H and O–H groups in total. The summed E-state index contributed by atoms with van der Waals surface area (Å²) < 4.78 is 13.4. The zero-order valence-electron chi connectivity index (χ0n) is 17.2. The van der Waals surface area contributed by atoms with Crippen molar-refractivity contribution < 1.29 is 13.9 Å². The van der Waals surface area contributed by atoms with E-state index in [2.05, 4.69) is 27.0 Å². The summed E-state index contributed by atoms with van der Waals surface area (Å²) >= 11 is 1.44. The first-order chi connectivity index (χ1) is 14.1. The third-order valence-corrected chi connectivity index (χ3v) is 6.98. The first-order valence-electron chi connectivity index (χ1n) is 10.6. The van der Waals surface area contributed by atoms with E-state index in [1.807, 2.05) is 13.0 Å². The first-order valence-corrected chi connectivity index (χ1v) is 11.6. The molecule has 2 fully saturated rings. The molecule has 1 aliphatic carbocycles. The number of carbonyl (C=O) groups is 1. The lowest BCUT2D eigenvalue weighted by Crippen LogP contribution is -2.41.